The van der Waals surface area contributed by atoms with Gasteiger partial charge in [-0.3, -0.25) is 14.4 Å². The topological polar surface area (TPSA) is 60.4 Å². The van der Waals surface area contributed by atoms with Crippen LogP contribution in [0.3, 0.4) is 0 Å². The van der Waals surface area contributed by atoms with Crippen molar-refractivity contribution in [2.45, 2.75) is 12.8 Å². The van der Waals surface area contributed by atoms with Crippen molar-refractivity contribution in [3.63, 3.8) is 0 Å². The van der Waals surface area contributed by atoms with Crippen LogP contribution in [0.25, 0.3) is 0 Å². The average Bonchev–Trinajstić information content (AvgIpc) is 2.09. The van der Waals surface area contributed by atoms with E-state index in [1.54, 1.807) is 0 Å². The monoisotopic (exact) mass is 176 g/mol. The molecule has 0 bridgehead atoms. The van der Waals surface area contributed by atoms with Crippen molar-refractivity contribution in [2.75, 3.05) is 0 Å². The van der Waals surface area contributed by atoms with Gasteiger partial charge in [0.1, 0.15) is 0 Å². The first-order valence-corrected chi connectivity index (χ1v) is 3.40. The summed E-state index contributed by atoms with van der Waals surface area (Å²) in [6.45, 7) is 0. The van der Waals surface area contributed by atoms with Crippen LogP contribution in [-0.4, -0.2) is 17.2 Å². The third kappa shape index (κ3) is 2.01. The second kappa shape index (κ2) is 3.00. The van der Waals surface area contributed by atoms with E-state index in [0.29, 0.717) is 0 Å². The van der Waals surface area contributed by atoms with E-state index in [1.807, 2.05) is 0 Å². The quantitative estimate of drug-likeness (QED) is 0.343. The summed E-state index contributed by atoms with van der Waals surface area (Å²) in [4.78, 5) is 31.4. The maximum absolute atomic E-state index is 10.7. The van der Waals surface area contributed by atoms with Crippen molar-refractivity contribution in [1.82, 2.24) is 0 Å². The van der Waals surface area contributed by atoms with Gasteiger partial charge in [-0.25, -0.2) is 0 Å². The fourth-order valence-electron chi connectivity index (χ4n) is 0.871. The molecule has 1 atom stereocenters. The van der Waals surface area contributed by atoms with Crippen LogP contribution >= 0.6 is 11.6 Å². The number of carbonyl (C=O) groups excluding carboxylic acids is 3. The Hall–Kier alpha value is -0.900. The second-order valence-electron chi connectivity index (χ2n) is 2.25. The van der Waals surface area contributed by atoms with E-state index in [1.165, 1.54) is 0 Å². The molecule has 0 saturated carbocycles. The predicted octanol–water partition coefficient (Wildman–Crippen LogP) is 0.232. The van der Waals surface area contributed by atoms with Gasteiger partial charge in [-0.1, -0.05) is 0 Å². The molecule has 1 rings (SSSR count). The molecule has 0 aliphatic carbocycles. The maximum atomic E-state index is 10.7. The first-order chi connectivity index (χ1) is 5.09. The fourth-order valence-corrected chi connectivity index (χ4v) is 1.06. The van der Waals surface area contributed by atoms with E-state index >= 15 is 0 Å². The van der Waals surface area contributed by atoms with Gasteiger partial charge < -0.3 is 4.74 Å². The summed E-state index contributed by atoms with van der Waals surface area (Å²) < 4.78 is 4.19. The van der Waals surface area contributed by atoms with Gasteiger partial charge in [0.25, 0.3) is 0 Å². The van der Waals surface area contributed by atoms with E-state index in [0.717, 1.165) is 0 Å². The predicted molar refractivity (Wildman–Crippen MR) is 34.7 cm³/mol. The van der Waals surface area contributed by atoms with Crippen LogP contribution in [0.1, 0.15) is 12.8 Å². The van der Waals surface area contributed by atoms with Gasteiger partial charge in [0.05, 0.1) is 12.3 Å². The number of ether oxygens (including phenoxy) is 1. The molecule has 0 aromatic carbocycles. The highest BCUT2D eigenvalue weighted by Crippen LogP contribution is 2.20. The molecule has 4 nitrogen and oxygen atoms in total. The van der Waals surface area contributed by atoms with Gasteiger partial charge in [0.15, 0.2) is 0 Å². The first-order valence-electron chi connectivity index (χ1n) is 3.02. The molecule has 0 aromatic rings. The van der Waals surface area contributed by atoms with E-state index in [4.69, 9.17) is 11.6 Å². The molecule has 0 unspecified atom stereocenters. The number of carbonyl (C=O) groups is 3. The Morgan fingerprint density at radius 1 is 1.64 bits per heavy atom. The van der Waals surface area contributed by atoms with E-state index in [2.05, 4.69) is 4.74 Å². The van der Waals surface area contributed by atoms with Gasteiger partial charge in [-0.15, -0.1) is 0 Å². The number of hydrogen-bond donors (Lipinski definition) is 0. The molecule has 0 aromatic heterocycles. The molecular weight excluding hydrogens is 172 g/mol. The molecule has 1 fully saturated rings. The van der Waals surface area contributed by atoms with Crippen molar-refractivity contribution in [1.29, 1.82) is 0 Å². The number of halogens is 1. The summed E-state index contributed by atoms with van der Waals surface area (Å²) in [5.41, 5.74) is 0. The minimum absolute atomic E-state index is 0.0305. The SMILES string of the molecule is O=C(Cl)C[C@@H]1CC(=O)OC1=O. The molecule has 1 aliphatic heterocycles. The van der Waals surface area contributed by atoms with Crippen LogP contribution in [0.5, 0.6) is 0 Å². The zero-order chi connectivity index (χ0) is 8.43. The Morgan fingerprint density at radius 2 is 2.27 bits per heavy atom. The molecule has 0 amide bonds. The van der Waals surface area contributed by atoms with Gasteiger partial charge in [-0.2, -0.15) is 0 Å². The Labute approximate surface area is 67.5 Å². The lowest BCUT2D eigenvalue weighted by Gasteiger charge is -1.96. The standard InChI is InChI=1S/C6H5ClO4/c7-4(8)1-3-2-5(9)11-6(3)10/h3H,1-2H2/t3-/m1/s1. The van der Waals surface area contributed by atoms with Crippen molar-refractivity contribution in [3.8, 4) is 0 Å². The fraction of sp³-hybridized carbons (Fsp3) is 0.500. The molecule has 60 valence electrons. The van der Waals surface area contributed by atoms with Gasteiger partial charge >= 0.3 is 11.9 Å². The number of hydrogen-bond acceptors (Lipinski definition) is 4. The van der Waals surface area contributed by atoms with E-state index in [-0.39, 0.29) is 12.8 Å². The normalized spacial score (nSPS) is 23.5. The molecule has 5 heteroatoms. The highest BCUT2D eigenvalue weighted by atomic mass is 35.5. The molecule has 0 N–H and O–H groups in total. The van der Waals surface area contributed by atoms with Crippen LogP contribution in [0.15, 0.2) is 0 Å². The Morgan fingerprint density at radius 3 is 2.64 bits per heavy atom. The number of rotatable bonds is 2. The zero-order valence-corrected chi connectivity index (χ0v) is 6.26. The summed E-state index contributed by atoms with van der Waals surface area (Å²) in [7, 11) is 0. The molecule has 1 aliphatic rings. The zero-order valence-electron chi connectivity index (χ0n) is 5.50. The third-order valence-electron chi connectivity index (χ3n) is 1.37. The summed E-state index contributed by atoms with van der Waals surface area (Å²) in [6.07, 6.45) is -0.149. The van der Waals surface area contributed by atoms with Gasteiger partial charge in [0, 0.05) is 6.42 Å². The maximum Gasteiger partial charge on any atom is 0.317 e. The summed E-state index contributed by atoms with van der Waals surface area (Å²) in [5.74, 6) is -1.89. The van der Waals surface area contributed by atoms with E-state index in [9.17, 15) is 14.4 Å². The Bertz CT molecular complexity index is 223. The van der Waals surface area contributed by atoms with Gasteiger partial charge in [0.2, 0.25) is 5.24 Å². The van der Waals surface area contributed by atoms with Crippen molar-refractivity contribution < 1.29 is 19.1 Å². The van der Waals surface area contributed by atoms with Crippen molar-refractivity contribution in [3.05, 3.63) is 0 Å². The summed E-state index contributed by atoms with van der Waals surface area (Å²) in [5, 5.41) is -0.623. The van der Waals surface area contributed by atoms with Crippen LogP contribution in [0.4, 0.5) is 0 Å². The lowest BCUT2D eigenvalue weighted by molar-refractivity contribution is -0.153. The molecule has 0 radical (unpaired) electrons. The average molecular weight is 177 g/mol. The van der Waals surface area contributed by atoms with Crippen molar-refractivity contribution in [2.24, 2.45) is 5.92 Å². The number of cyclic esters (lactones) is 2. The van der Waals surface area contributed by atoms with Crippen molar-refractivity contribution >= 4 is 28.8 Å². The largest absolute Gasteiger partial charge is 0.393 e. The lowest BCUT2D eigenvalue weighted by Crippen LogP contribution is -2.09. The van der Waals surface area contributed by atoms with Crippen LogP contribution in [0.2, 0.25) is 0 Å². The smallest absolute Gasteiger partial charge is 0.317 e. The van der Waals surface area contributed by atoms with Gasteiger partial charge in [-0.05, 0) is 11.6 Å². The molecular formula is C6H5ClO4. The molecule has 0 spiro atoms. The minimum Gasteiger partial charge on any atom is -0.393 e. The van der Waals surface area contributed by atoms with Crippen LogP contribution in [0, 0.1) is 5.92 Å². The summed E-state index contributed by atoms with van der Waals surface area (Å²) >= 11 is 5.01. The lowest BCUT2D eigenvalue weighted by atomic mass is 10.1. The minimum atomic E-state index is -0.660. The molecule has 1 heterocycles. The molecule has 1 saturated heterocycles. The van der Waals surface area contributed by atoms with E-state index < -0.39 is 23.1 Å². The second-order valence-corrected chi connectivity index (χ2v) is 2.67. The van der Waals surface area contributed by atoms with Crippen LogP contribution in [-0.2, 0) is 19.1 Å². The third-order valence-corrected chi connectivity index (χ3v) is 1.52. The molecule has 11 heavy (non-hydrogen) atoms. The number of esters is 2. The Kier molecular flexibility index (Phi) is 2.24. The first kappa shape index (κ1) is 8.20. The highest BCUT2D eigenvalue weighted by molar-refractivity contribution is 6.63. The van der Waals surface area contributed by atoms with Crippen LogP contribution < -0.4 is 0 Å². The summed E-state index contributed by atoms with van der Waals surface area (Å²) in [6, 6.07) is 0. The Balaban J connectivity index is 2.53. The highest BCUT2D eigenvalue weighted by Gasteiger charge is 2.34.